The third kappa shape index (κ3) is 5.09. The monoisotopic (exact) mass is 317 g/mol. The van der Waals surface area contributed by atoms with Gasteiger partial charge in [-0.2, -0.15) is 4.98 Å². The minimum Gasteiger partial charge on any atom is -0.496 e. The molecule has 0 aliphatic rings. The van der Waals surface area contributed by atoms with Gasteiger partial charge in [-0.05, 0) is 18.6 Å². The third-order valence-electron chi connectivity index (χ3n) is 3.48. The molecule has 0 aliphatic carbocycles. The molecule has 0 aliphatic heterocycles. The average Bonchev–Trinajstić information content (AvgIpc) is 3.05. The van der Waals surface area contributed by atoms with E-state index in [1.807, 2.05) is 24.3 Å². The number of rotatable bonds is 9. The van der Waals surface area contributed by atoms with E-state index in [0.29, 0.717) is 30.3 Å². The first-order valence-corrected chi connectivity index (χ1v) is 7.97. The molecule has 1 aromatic heterocycles. The normalized spacial score (nSPS) is 10.5. The molecule has 124 valence electrons. The summed E-state index contributed by atoms with van der Waals surface area (Å²) in [5.74, 6) is 1.63. The second-order valence-electron chi connectivity index (χ2n) is 5.27. The van der Waals surface area contributed by atoms with E-state index in [9.17, 15) is 4.79 Å². The van der Waals surface area contributed by atoms with Gasteiger partial charge in [0.05, 0.1) is 12.7 Å². The minimum absolute atomic E-state index is 0.0122. The highest BCUT2D eigenvalue weighted by Gasteiger charge is 2.13. The Morgan fingerprint density at radius 3 is 2.91 bits per heavy atom. The number of hydrogen-bond acceptors (Lipinski definition) is 5. The Morgan fingerprint density at radius 2 is 2.13 bits per heavy atom. The van der Waals surface area contributed by atoms with Gasteiger partial charge in [-0.1, -0.05) is 37.1 Å². The van der Waals surface area contributed by atoms with Crippen LogP contribution < -0.4 is 10.1 Å². The Balaban J connectivity index is 1.86. The molecule has 0 saturated carbocycles. The topological polar surface area (TPSA) is 77.2 Å². The van der Waals surface area contributed by atoms with Crippen LogP contribution in [0, 0.1) is 0 Å². The fourth-order valence-electron chi connectivity index (χ4n) is 2.21. The molecule has 0 radical (unpaired) electrons. The number of carbonyl (C=O) groups excluding carboxylic acids is 1. The highest BCUT2D eigenvalue weighted by Crippen LogP contribution is 2.27. The second kappa shape index (κ2) is 8.92. The zero-order valence-corrected chi connectivity index (χ0v) is 13.7. The molecular weight excluding hydrogens is 294 g/mol. The van der Waals surface area contributed by atoms with E-state index in [1.54, 1.807) is 7.11 Å². The van der Waals surface area contributed by atoms with Crippen LogP contribution in [0.3, 0.4) is 0 Å². The van der Waals surface area contributed by atoms with Gasteiger partial charge < -0.3 is 14.6 Å². The smallest absolute Gasteiger partial charge is 0.227 e. The maximum absolute atomic E-state index is 11.7. The van der Waals surface area contributed by atoms with Crippen molar-refractivity contribution < 1.29 is 14.1 Å². The molecule has 1 aromatic carbocycles. The molecule has 1 N–H and O–H groups in total. The summed E-state index contributed by atoms with van der Waals surface area (Å²) in [6.07, 6.45) is 4.07. The summed E-state index contributed by atoms with van der Waals surface area (Å²) in [4.78, 5) is 16.1. The molecule has 0 bridgehead atoms. The van der Waals surface area contributed by atoms with Gasteiger partial charge >= 0.3 is 0 Å². The molecule has 23 heavy (non-hydrogen) atoms. The van der Waals surface area contributed by atoms with Crippen molar-refractivity contribution in [3.05, 3.63) is 30.2 Å². The fraction of sp³-hybridized carbons (Fsp3) is 0.471. The van der Waals surface area contributed by atoms with E-state index in [1.165, 1.54) is 0 Å². The highest BCUT2D eigenvalue weighted by atomic mass is 16.5. The lowest BCUT2D eigenvalue weighted by atomic mass is 10.2. The summed E-state index contributed by atoms with van der Waals surface area (Å²) in [6, 6.07) is 7.48. The van der Waals surface area contributed by atoms with Crippen molar-refractivity contribution in [3.63, 3.8) is 0 Å². The number of ether oxygens (including phenoxy) is 1. The van der Waals surface area contributed by atoms with Gasteiger partial charge in [0.15, 0.2) is 0 Å². The standard InChI is InChI=1S/C17H23N3O3/c1-3-4-7-12-18-15(21)10-11-16-19-17(20-23-16)13-8-5-6-9-14(13)22-2/h5-6,8-9H,3-4,7,10-12H2,1-2H3,(H,18,21). The van der Waals surface area contributed by atoms with Gasteiger partial charge in [0.1, 0.15) is 5.75 Å². The van der Waals surface area contributed by atoms with Crippen molar-refractivity contribution in [2.24, 2.45) is 0 Å². The van der Waals surface area contributed by atoms with E-state index < -0.39 is 0 Å². The molecule has 0 fully saturated rings. The Kier molecular flexibility index (Phi) is 6.59. The Morgan fingerprint density at radius 1 is 1.30 bits per heavy atom. The number of para-hydroxylation sites is 1. The first-order chi connectivity index (χ1) is 11.2. The largest absolute Gasteiger partial charge is 0.496 e. The Hall–Kier alpha value is -2.37. The van der Waals surface area contributed by atoms with Crippen molar-refractivity contribution in [2.45, 2.75) is 39.0 Å². The summed E-state index contributed by atoms with van der Waals surface area (Å²) >= 11 is 0. The van der Waals surface area contributed by atoms with E-state index in [2.05, 4.69) is 22.4 Å². The molecule has 1 amide bonds. The number of nitrogens with zero attached hydrogens (tertiary/aromatic N) is 2. The van der Waals surface area contributed by atoms with Crippen LogP contribution >= 0.6 is 0 Å². The molecule has 0 atom stereocenters. The van der Waals surface area contributed by atoms with Crippen molar-refractivity contribution in [3.8, 4) is 17.1 Å². The lowest BCUT2D eigenvalue weighted by Gasteiger charge is -2.03. The molecule has 6 heteroatoms. The number of methoxy groups -OCH3 is 1. The van der Waals surface area contributed by atoms with Gasteiger partial charge in [0, 0.05) is 19.4 Å². The van der Waals surface area contributed by atoms with Crippen LogP contribution in [0.5, 0.6) is 5.75 Å². The van der Waals surface area contributed by atoms with Gasteiger partial charge in [-0.25, -0.2) is 0 Å². The summed E-state index contributed by atoms with van der Waals surface area (Å²) in [6.45, 7) is 2.86. The van der Waals surface area contributed by atoms with Crippen molar-refractivity contribution in [1.29, 1.82) is 0 Å². The molecule has 0 spiro atoms. The summed E-state index contributed by atoms with van der Waals surface area (Å²) in [7, 11) is 1.60. The molecule has 1 heterocycles. The molecular formula is C17H23N3O3. The van der Waals surface area contributed by atoms with Crippen molar-refractivity contribution >= 4 is 5.91 Å². The number of nitrogens with one attached hydrogen (secondary N) is 1. The number of hydrogen-bond donors (Lipinski definition) is 1. The van der Waals surface area contributed by atoms with Crippen molar-refractivity contribution in [1.82, 2.24) is 15.5 Å². The number of benzene rings is 1. The summed E-state index contributed by atoms with van der Waals surface area (Å²) < 4.78 is 10.5. The highest BCUT2D eigenvalue weighted by molar-refractivity contribution is 5.76. The quantitative estimate of drug-likeness (QED) is 0.719. The fourth-order valence-corrected chi connectivity index (χ4v) is 2.21. The number of unbranched alkanes of at least 4 members (excludes halogenated alkanes) is 2. The zero-order chi connectivity index (χ0) is 16.5. The van der Waals surface area contributed by atoms with Gasteiger partial charge in [-0.15, -0.1) is 0 Å². The molecule has 2 aromatic rings. The lowest BCUT2D eigenvalue weighted by Crippen LogP contribution is -2.24. The number of amides is 1. The minimum atomic E-state index is 0.0122. The maximum atomic E-state index is 11.7. The first-order valence-electron chi connectivity index (χ1n) is 7.97. The third-order valence-corrected chi connectivity index (χ3v) is 3.48. The van der Waals surface area contributed by atoms with E-state index in [4.69, 9.17) is 9.26 Å². The van der Waals surface area contributed by atoms with Crippen LogP contribution in [0.2, 0.25) is 0 Å². The summed E-state index contributed by atoms with van der Waals surface area (Å²) in [5, 5.41) is 6.86. The van der Waals surface area contributed by atoms with Crippen LogP contribution in [0.4, 0.5) is 0 Å². The van der Waals surface area contributed by atoms with Crippen LogP contribution in [-0.4, -0.2) is 29.7 Å². The Bertz CT molecular complexity index is 625. The lowest BCUT2D eigenvalue weighted by molar-refractivity contribution is -0.121. The van der Waals surface area contributed by atoms with Gasteiger partial charge in [0.2, 0.25) is 17.6 Å². The van der Waals surface area contributed by atoms with E-state index in [-0.39, 0.29) is 5.91 Å². The predicted molar refractivity (Wildman–Crippen MR) is 87.1 cm³/mol. The van der Waals surface area contributed by atoms with Crippen LogP contribution in [0.1, 0.15) is 38.5 Å². The molecule has 2 rings (SSSR count). The maximum Gasteiger partial charge on any atom is 0.227 e. The van der Waals surface area contributed by atoms with Gasteiger partial charge in [0.25, 0.3) is 0 Å². The number of carbonyl (C=O) groups is 1. The Labute approximate surface area is 136 Å². The van der Waals surface area contributed by atoms with Crippen LogP contribution in [-0.2, 0) is 11.2 Å². The average molecular weight is 317 g/mol. The molecule has 6 nitrogen and oxygen atoms in total. The van der Waals surface area contributed by atoms with Crippen molar-refractivity contribution in [2.75, 3.05) is 13.7 Å². The summed E-state index contributed by atoms with van der Waals surface area (Å²) in [5.41, 5.74) is 0.772. The zero-order valence-electron chi connectivity index (χ0n) is 13.7. The number of aryl methyl sites for hydroxylation is 1. The van der Waals surface area contributed by atoms with E-state index >= 15 is 0 Å². The van der Waals surface area contributed by atoms with E-state index in [0.717, 1.165) is 31.4 Å². The van der Waals surface area contributed by atoms with Crippen LogP contribution in [0.15, 0.2) is 28.8 Å². The second-order valence-corrected chi connectivity index (χ2v) is 5.27. The van der Waals surface area contributed by atoms with Crippen LogP contribution in [0.25, 0.3) is 11.4 Å². The molecule has 0 unspecified atom stereocenters. The number of aromatic nitrogens is 2. The first kappa shape index (κ1) is 17.0. The molecule has 0 saturated heterocycles. The predicted octanol–water partition coefficient (Wildman–Crippen LogP) is 2.98. The SMILES string of the molecule is CCCCCNC(=O)CCc1nc(-c2ccccc2OC)no1. The van der Waals surface area contributed by atoms with Gasteiger partial charge in [-0.3, -0.25) is 4.79 Å².